The van der Waals surface area contributed by atoms with Gasteiger partial charge in [-0.2, -0.15) is 0 Å². The monoisotopic (exact) mass is 1030 g/mol. The van der Waals surface area contributed by atoms with Crippen molar-refractivity contribution in [2.75, 3.05) is 26.2 Å². The Bertz CT molecular complexity index is 744. The van der Waals surface area contributed by atoms with Crippen molar-refractivity contribution in [2.24, 2.45) is 0 Å². The average Bonchev–Trinajstić information content (AvgIpc) is 3.36. The summed E-state index contributed by atoms with van der Waals surface area (Å²) in [5.41, 5.74) is 0. The molecule has 0 atom stereocenters. The minimum Gasteiger partial charge on any atom is -0.0654 e. The fourth-order valence-electron chi connectivity index (χ4n) is 10.8. The van der Waals surface area contributed by atoms with Gasteiger partial charge in [-0.15, -0.1) is 0 Å². The number of unbranched alkanes of at least 4 members (excludes halogenated alkanes) is 52. The zero-order valence-corrected chi connectivity index (χ0v) is 51.0. The van der Waals surface area contributed by atoms with Crippen LogP contribution in [0.2, 0.25) is 0 Å². The van der Waals surface area contributed by atoms with E-state index in [2.05, 4.69) is 44.8 Å². The molecule has 4 nitrogen and oxygen atoms in total. The molecule has 0 saturated heterocycles. The molecule has 0 radical (unpaired) electrons. The van der Waals surface area contributed by atoms with Gasteiger partial charge in [0.1, 0.15) is 0 Å². The van der Waals surface area contributed by atoms with Crippen LogP contribution in [-0.2, 0) is 0 Å². The molecule has 0 aliphatic heterocycles. The molecule has 0 fully saturated rings. The summed E-state index contributed by atoms with van der Waals surface area (Å²) in [5, 5.41) is 0. The Kier molecular flexibility index (Phi) is 63.0. The van der Waals surface area contributed by atoms with Crippen LogP contribution in [0.4, 0.5) is 0 Å². The van der Waals surface area contributed by atoms with Gasteiger partial charge in [0.25, 0.3) is 0 Å². The molecule has 0 aromatic heterocycles. The topological polar surface area (TPSA) is 48.1 Å². The quantitative estimate of drug-likeness (QED) is 0.0362. The van der Waals surface area contributed by atoms with Crippen molar-refractivity contribution in [2.45, 2.75) is 387 Å². The van der Waals surface area contributed by atoms with E-state index in [1.807, 2.05) is 0 Å². The molecule has 0 aromatic rings. The number of nitrogens with one attached hydrogen (secondary N) is 4. The van der Waals surface area contributed by atoms with Gasteiger partial charge in [-0.05, 0) is 0 Å². The molecule has 0 amide bonds. The molecule has 0 aromatic carbocycles. The van der Waals surface area contributed by atoms with Crippen molar-refractivity contribution in [3.63, 3.8) is 0 Å². The molecule has 4 N–H and O–H groups in total. The molecule has 416 valence electrons. The van der Waals surface area contributed by atoms with Gasteiger partial charge in [-0.1, -0.05) is 130 Å². The van der Waals surface area contributed by atoms with E-state index in [-0.39, 0.29) is 0 Å². The molecule has 0 bridgehead atoms. The molecule has 5 heteroatoms. The molecular formula is C64H136GeN4. The van der Waals surface area contributed by atoms with Crippen LogP contribution in [0.1, 0.15) is 387 Å². The fraction of sp³-hybridized carbons (Fsp3) is 1.00. The Morgan fingerprint density at radius 2 is 0.246 bits per heavy atom. The molecule has 0 heterocycles. The molecule has 0 unspecified atom stereocenters. The average molecular weight is 1030 g/mol. The molecular weight excluding hydrogens is 897 g/mol. The predicted octanol–water partition coefficient (Wildman–Crippen LogP) is 21.7. The van der Waals surface area contributed by atoms with E-state index in [1.54, 1.807) is 0 Å². The summed E-state index contributed by atoms with van der Waals surface area (Å²) in [5.74, 6) is 0. The van der Waals surface area contributed by atoms with Crippen molar-refractivity contribution in [1.29, 1.82) is 0 Å². The summed E-state index contributed by atoms with van der Waals surface area (Å²) in [7, 11) is 0. The second kappa shape index (κ2) is 62.7. The van der Waals surface area contributed by atoms with Crippen LogP contribution in [0.3, 0.4) is 0 Å². The number of rotatable bonds is 64. The first-order valence-corrected chi connectivity index (χ1v) is 37.4. The normalized spacial score (nSPS) is 12.0. The maximum absolute atomic E-state index is 4.28. The molecule has 0 aliphatic rings. The summed E-state index contributed by atoms with van der Waals surface area (Å²) >= 11 is -2.87. The van der Waals surface area contributed by atoms with Gasteiger partial charge in [0.2, 0.25) is 0 Å². The minimum absolute atomic E-state index is 1.17. The first-order chi connectivity index (χ1) is 34.2. The van der Waals surface area contributed by atoms with Crippen LogP contribution >= 0.6 is 0 Å². The third kappa shape index (κ3) is 57.5. The van der Waals surface area contributed by atoms with E-state index in [1.165, 1.54) is 386 Å². The summed E-state index contributed by atoms with van der Waals surface area (Å²) in [4.78, 5) is 0. The second-order valence-corrected chi connectivity index (χ2v) is 29.0. The van der Waals surface area contributed by atoms with Crippen LogP contribution in [-0.4, -0.2) is 40.3 Å². The second-order valence-electron chi connectivity index (χ2n) is 22.8. The molecule has 69 heavy (non-hydrogen) atoms. The third-order valence-electron chi connectivity index (χ3n) is 15.7. The van der Waals surface area contributed by atoms with Crippen LogP contribution < -0.4 is 17.1 Å². The van der Waals surface area contributed by atoms with Crippen molar-refractivity contribution in [3.05, 3.63) is 0 Å². The standard InChI is InChI=1S/C64H136GeN4/c1-5-9-13-17-21-25-29-33-37-41-45-49-53-57-61-66-65(67-62-58-54-50-46-42-38-34-30-26-22-18-14-10-6-2,68-63-59-55-51-47-43-39-35-31-27-23-19-15-11-7-3)69-64-60-56-52-48-44-40-36-32-28-24-20-16-12-8-4/h66-69H,5-64H2,1-4H3. The van der Waals surface area contributed by atoms with Gasteiger partial charge in [0, 0.05) is 0 Å². The SMILES string of the molecule is CCCCCCCCCCCCCCCC[NH][Ge]([NH]CCCCCCCCCCCCCCCC)([NH]CCCCCCCCCCCCCCCC)[NH]CCCCCCCCCCCCCCCC. The summed E-state index contributed by atoms with van der Waals surface area (Å²) in [6.07, 6.45) is 80.3. The third-order valence-corrected chi connectivity index (χ3v) is 22.2. The van der Waals surface area contributed by atoms with Crippen LogP contribution in [0, 0.1) is 0 Å². The van der Waals surface area contributed by atoms with Crippen LogP contribution in [0.25, 0.3) is 0 Å². The van der Waals surface area contributed by atoms with Gasteiger partial charge in [0.05, 0.1) is 0 Å². The van der Waals surface area contributed by atoms with Crippen molar-refractivity contribution >= 4 is 14.2 Å². The zero-order valence-electron chi connectivity index (χ0n) is 48.9. The van der Waals surface area contributed by atoms with Crippen LogP contribution in [0.15, 0.2) is 0 Å². The molecule has 0 aliphatic carbocycles. The van der Waals surface area contributed by atoms with E-state index < -0.39 is 14.2 Å². The Morgan fingerprint density at radius 1 is 0.145 bits per heavy atom. The van der Waals surface area contributed by atoms with E-state index in [0.717, 1.165) is 0 Å². The molecule has 0 saturated carbocycles. The summed E-state index contributed by atoms with van der Waals surface area (Å²) in [6, 6.07) is 0. The fourth-order valence-corrected chi connectivity index (χ4v) is 17.0. The van der Waals surface area contributed by atoms with Gasteiger partial charge in [0.15, 0.2) is 0 Å². The van der Waals surface area contributed by atoms with E-state index in [9.17, 15) is 0 Å². The van der Waals surface area contributed by atoms with Crippen molar-refractivity contribution < 1.29 is 0 Å². The Labute approximate surface area is 442 Å². The van der Waals surface area contributed by atoms with Crippen molar-refractivity contribution in [3.8, 4) is 0 Å². The van der Waals surface area contributed by atoms with E-state index >= 15 is 0 Å². The maximum atomic E-state index is 4.28. The van der Waals surface area contributed by atoms with Gasteiger partial charge >= 0.3 is 314 Å². The molecule has 0 spiro atoms. The predicted molar refractivity (Wildman–Crippen MR) is 319 cm³/mol. The van der Waals surface area contributed by atoms with E-state index in [4.69, 9.17) is 0 Å². The first kappa shape index (κ1) is 69.4. The first-order valence-electron chi connectivity index (χ1n) is 33.2. The van der Waals surface area contributed by atoms with Crippen molar-refractivity contribution in [1.82, 2.24) is 17.1 Å². The zero-order chi connectivity index (χ0) is 49.8. The Hall–Kier alpha value is 0.383. The van der Waals surface area contributed by atoms with Gasteiger partial charge in [-0.25, -0.2) is 0 Å². The van der Waals surface area contributed by atoms with E-state index in [0.29, 0.717) is 0 Å². The summed E-state index contributed by atoms with van der Waals surface area (Å²) in [6.45, 7) is 14.0. The number of hydrogen-bond donors (Lipinski definition) is 4. The minimum atomic E-state index is -2.87. The van der Waals surface area contributed by atoms with Gasteiger partial charge < -0.3 is 0 Å². The Morgan fingerprint density at radius 3 is 0.362 bits per heavy atom. The van der Waals surface area contributed by atoms with Gasteiger partial charge in [-0.3, -0.25) is 0 Å². The number of hydrogen-bond acceptors (Lipinski definition) is 4. The molecule has 0 rings (SSSR count). The summed E-state index contributed by atoms with van der Waals surface area (Å²) < 4.78 is 17.1. The van der Waals surface area contributed by atoms with Crippen LogP contribution in [0.5, 0.6) is 0 Å². The Balaban J connectivity index is 4.95. The smallest absolute Gasteiger partial charge is 0.0654 e.